The van der Waals surface area contributed by atoms with Gasteiger partial charge in [0.05, 0.1) is 22.1 Å². The van der Waals surface area contributed by atoms with Gasteiger partial charge in [0, 0.05) is 50.2 Å². The second-order valence-corrected chi connectivity index (χ2v) is 9.96. The van der Waals surface area contributed by atoms with Crippen molar-refractivity contribution in [2.45, 2.75) is 11.4 Å². The smallest absolute Gasteiger partial charge is 0.336 e. The van der Waals surface area contributed by atoms with Crippen molar-refractivity contribution in [1.29, 1.82) is 0 Å². The molecule has 7 nitrogen and oxygen atoms in total. The normalized spacial score (nSPS) is 16.0. The summed E-state index contributed by atoms with van der Waals surface area (Å²) in [7, 11) is -2.11. The highest BCUT2D eigenvalue weighted by atomic mass is 35.5. The van der Waals surface area contributed by atoms with Crippen LogP contribution in [0.3, 0.4) is 0 Å². The summed E-state index contributed by atoms with van der Waals surface area (Å²) >= 11 is 11.9. The minimum absolute atomic E-state index is 0.121. The van der Waals surface area contributed by atoms with E-state index in [9.17, 15) is 13.2 Å². The number of sulfonamides is 1. The molecular weight excluding hydrogens is 463 g/mol. The molecule has 1 aliphatic heterocycles. The maximum absolute atomic E-state index is 12.9. The van der Waals surface area contributed by atoms with Gasteiger partial charge in [-0.3, -0.25) is 4.90 Å². The molecule has 0 saturated carbocycles. The third-order valence-electron chi connectivity index (χ3n) is 5.29. The Kier molecular flexibility index (Phi) is 6.27. The molecule has 2 aromatic carbocycles. The lowest BCUT2D eigenvalue weighted by Crippen LogP contribution is -2.48. The van der Waals surface area contributed by atoms with Crippen LogP contribution in [0.1, 0.15) is 5.56 Å². The van der Waals surface area contributed by atoms with Crippen molar-refractivity contribution < 1.29 is 17.6 Å². The van der Waals surface area contributed by atoms with Crippen molar-refractivity contribution in [2.24, 2.45) is 0 Å². The fourth-order valence-corrected chi connectivity index (χ4v) is 5.44. The Balaban J connectivity index is 1.49. The van der Waals surface area contributed by atoms with E-state index in [0.29, 0.717) is 49.1 Å². The van der Waals surface area contributed by atoms with Crippen LogP contribution in [-0.2, 0) is 16.6 Å². The van der Waals surface area contributed by atoms with Gasteiger partial charge < -0.3 is 9.15 Å². The topological polar surface area (TPSA) is 80.1 Å². The standard InChI is InChI=1S/C21H20Cl2N2O5S/c1-29-15-2-4-17-14(10-21(26)30-20(17)11-15)13-24-6-8-25(9-7-24)31(27,28)16-3-5-18(22)19(23)12-16/h2-5,10-12H,6-9,13H2,1H3. The molecule has 0 unspecified atom stereocenters. The second-order valence-electron chi connectivity index (χ2n) is 7.21. The van der Waals surface area contributed by atoms with Gasteiger partial charge in [0.15, 0.2) is 0 Å². The van der Waals surface area contributed by atoms with Gasteiger partial charge in [0.2, 0.25) is 10.0 Å². The van der Waals surface area contributed by atoms with Crippen LogP contribution in [0.4, 0.5) is 0 Å². The summed E-state index contributed by atoms with van der Waals surface area (Å²) in [6.45, 7) is 2.22. The van der Waals surface area contributed by atoms with E-state index in [1.165, 1.54) is 28.6 Å². The van der Waals surface area contributed by atoms with E-state index < -0.39 is 15.6 Å². The van der Waals surface area contributed by atoms with Crippen LogP contribution in [0.5, 0.6) is 5.75 Å². The quantitative estimate of drug-likeness (QED) is 0.516. The van der Waals surface area contributed by atoms with Gasteiger partial charge in [-0.2, -0.15) is 4.31 Å². The number of rotatable bonds is 5. The van der Waals surface area contributed by atoms with E-state index in [-0.39, 0.29) is 9.92 Å². The molecule has 0 aliphatic carbocycles. The molecule has 4 rings (SSSR count). The van der Waals surface area contributed by atoms with Gasteiger partial charge in [-0.15, -0.1) is 0 Å². The summed E-state index contributed by atoms with van der Waals surface area (Å²) in [5.74, 6) is 0.605. The molecule has 0 atom stereocenters. The van der Waals surface area contributed by atoms with E-state index in [1.54, 1.807) is 13.2 Å². The van der Waals surface area contributed by atoms with Crippen LogP contribution >= 0.6 is 23.2 Å². The van der Waals surface area contributed by atoms with E-state index in [0.717, 1.165) is 10.9 Å². The molecule has 1 saturated heterocycles. The lowest BCUT2D eigenvalue weighted by molar-refractivity contribution is 0.182. The number of fused-ring (bicyclic) bond motifs is 1. The maximum Gasteiger partial charge on any atom is 0.336 e. The molecule has 31 heavy (non-hydrogen) atoms. The number of hydrogen-bond acceptors (Lipinski definition) is 6. The fraction of sp³-hybridized carbons (Fsp3) is 0.286. The third-order valence-corrected chi connectivity index (χ3v) is 7.93. The first-order chi connectivity index (χ1) is 14.8. The van der Waals surface area contributed by atoms with Crippen molar-refractivity contribution in [3.8, 4) is 5.75 Å². The molecule has 10 heteroatoms. The number of nitrogens with zero attached hydrogens (tertiary/aromatic N) is 2. The minimum Gasteiger partial charge on any atom is -0.497 e. The lowest BCUT2D eigenvalue weighted by atomic mass is 10.1. The molecule has 0 N–H and O–H groups in total. The van der Waals surface area contributed by atoms with Gasteiger partial charge in [-0.25, -0.2) is 13.2 Å². The Morgan fingerprint density at radius 2 is 1.74 bits per heavy atom. The molecule has 0 bridgehead atoms. The van der Waals surface area contributed by atoms with Crippen LogP contribution in [0, 0.1) is 0 Å². The van der Waals surface area contributed by atoms with Gasteiger partial charge in [-0.05, 0) is 35.9 Å². The summed E-state index contributed by atoms with van der Waals surface area (Å²) in [6, 6.07) is 11.1. The molecule has 1 aliphatic rings. The largest absolute Gasteiger partial charge is 0.497 e. The van der Waals surface area contributed by atoms with Crippen LogP contribution in [0.2, 0.25) is 10.0 Å². The Morgan fingerprint density at radius 3 is 2.42 bits per heavy atom. The van der Waals surface area contributed by atoms with Crippen LogP contribution < -0.4 is 10.4 Å². The third kappa shape index (κ3) is 4.58. The van der Waals surface area contributed by atoms with Gasteiger partial charge in [0.25, 0.3) is 0 Å². The highest BCUT2D eigenvalue weighted by Gasteiger charge is 2.29. The number of ether oxygens (including phenoxy) is 1. The number of halogens is 2. The predicted molar refractivity (Wildman–Crippen MR) is 120 cm³/mol. The first-order valence-electron chi connectivity index (χ1n) is 9.56. The van der Waals surface area contributed by atoms with Crippen LogP contribution in [-0.4, -0.2) is 50.9 Å². The molecule has 0 spiro atoms. The highest BCUT2D eigenvalue weighted by molar-refractivity contribution is 7.89. The van der Waals surface area contributed by atoms with Gasteiger partial charge in [0.1, 0.15) is 11.3 Å². The lowest BCUT2D eigenvalue weighted by Gasteiger charge is -2.34. The van der Waals surface area contributed by atoms with Crippen molar-refractivity contribution in [2.75, 3.05) is 33.3 Å². The predicted octanol–water partition coefficient (Wildman–Crippen LogP) is 3.61. The monoisotopic (exact) mass is 482 g/mol. The summed E-state index contributed by atoms with van der Waals surface area (Å²) in [4.78, 5) is 14.2. The highest BCUT2D eigenvalue weighted by Crippen LogP contribution is 2.28. The van der Waals surface area contributed by atoms with Crippen molar-refractivity contribution in [3.63, 3.8) is 0 Å². The molecule has 1 fully saturated rings. The zero-order chi connectivity index (χ0) is 22.2. The molecule has 2 heterocycles. The molecule has 1 aromatic heterocycles. The average molecular weight is 483 g/mol. The second kappa shape index (κ2) is 8.80. The molecule has 3 aromatic rings. The SMILES string of the molecule is COc1ccc2c(CN3CCN(S(=O)(=O)c4ccc(Cl)c(Cl)c4)CC3)cc(=O)oc2c1. The Bertz CT molecular complexity index is 1280. The molecular formula is C21H20Cl2N2O5S. The fourth-order valence-electron chi connectivity index (χ4n) is 3.62. The van der Waals surface area contributed by atoms with E-state index in [4.69, 9.17) is 32.4 Å². The molecule has 164 valence electrons. The van der Waals surface area contributed by atoms with E-state index >= 15 is 0 Å². The number of methoxy groups -OCH3 is 1. The Labute approximate surface area is 189 Å². The summed E-state index contributed by atoms with van der Waals surface area (Å²) in [6.07, 6.45) is 0. The van der Waals surface area contributed by atoms with Crippen molar-refractivity contribution >= 4 is 44.2 Å². The van der Waals surface area contributed by atoms with E-state index in [2.05, 4.69) is 4.90 Å². The summed E-state index contributed by atoms with van der Waals surface area (Å²) in [5, 5.41) is 1.33. The van der Waals surface area contributed by atoms with Gasteiger partial charge >= 0.3 is 5.63 Å². The first-order valence-corrected chi connectivity index (χ1v) is 11.8. The molecule has 0 radical (unpaired) electrons. The Morgan fingerprint density at radius 1 is 1.00 bits per heavy atom. The van der Waals surface area contributed by atoms with Crippen LogP contribution in [0.25, 0.3) is 11.0 Å². The average Bonchev–Trinajstić information content (AvgIpc) is 2.75. The number of benzene rings is 2. The first kappa shape index (κ1) is 22.1. The number of piperazine rings is 1. The maximum atomic E-state index is 12.9. The van der Waals surface area contributed by atoms with Gasteiger partial charge in [-0.1, -0.05) is 23.2 Å². The zero-order valence-corrected chi connectivity index (χ0v) is 19.0. The molecule has 0 amide bonds. The zero-order valence-electron chi connectivity index (χ0n) is 16.7. The van der Waals surface area contributed by atoms with Crippen molar-refractivity contribution in [3.05, 3.63) is 68.5 Å². The summed E-state index contributed by atoms with van der Waals surface area (Å²) in [5.41, 5.74) is 0.856. The number of hydrogen-bond donors (Lipinski definition) is 0. The Hall–Kier alpha value is -2.10. The summed E-state index contributed by atoms with van der Waals surface area (Å²) < 4.78 is 37.8. The van der Waals surface area contributed by atoms with Crippen molar-refractivity contribution in [1.82, 2.24) is 9.21 Å². The minimum atomic E-state index is -3.66. The van der Waals surface area contributed by atoms with E-state index in [1.807, 2.05) is 12.1 Å². The van der Waals surface area contributed by atoms with Crippen LogP contribution in [0.15, 0.2) is 56.6 Å².